The molecule has 1 unspecified atom stereocenters. The van der Waals surface area contributed by atoms with Gasteiger partial charge in [0, 0.05) is 11.9 Å². The highest BCUT2D eigenvalue weighted by Gasteiger charge is 2.40. The van der Waals surface area contributed by atoms with Crippen molar-refractivity contribution in [3.63, 3.8) is 0 Å². The Bertz CT molecular complexity index is 524. The molecule has 0 saturated carbocycles. The first-order valence-corrected chi connectivity index (χ1v) is 7.48. The quantitative estimate of drug-likeness (QED) is 0.856. The van der Waals surface area contributed by atoms with Crippen LogP contribution in [0.2, 0.25) is 0 Å². The molecular weight excluding hydrogens is 272 g/mol. The van der Waals surface area contributed by atoms with Crippen molar-refractivity contribution in [2.24, 2.45) is 5.41 Å². The Kier molecular flexibility index (Phi) is 4.45. The zero-order chi connectivity index (χ0) is 14.6. The zero-order valence-electron chi connectivity index (χ0n) is 12.0. The minimum Gasteiger partial charge on any atom is -0.387 e. The number of rotatable bonds is 5. The van der Waals surface area contributed by atoms with Crippen molar-refractivity contribution in [3.8, 4) is 0 Å². The molecule has 0 fully saturated rings. The molecule has 2 heterocycles. The topological polar surface area (TPSA) is 63.8 Å². The minimum absolute atomic E-state index is 0.277. The summed E-state index contributed by atoms with van der Waals surface area (Å²) in [5, 5.41) is 16.0. The van der Waals surface area contributed by atoms with Gasteiger partial charge in [0.15, 0.2) is 0 Å². The van der Waals surface area contributed by atoms with Crippen LogP contribution in [0.1, 0.15) is 20.8 Å². The van der Waals surface area contributed by atoms with Crippen LogP contribution in [0.25, 0.3) is 0 Å². The second kappa shape index (κ2) is 5.93. The Morgan fingerprint density at radius 2 is 2.10 bits per heavy atom. The molecule has 20 heavy (non-hydrogen) atoms. The Labute approximate surface area is 123 Å². The van der Waals surface area contributed by atoms with Gasteiger partial charge < -0.3 is 5.11 Å². The van der Waals surface area contributed by atoms with Crippen LogP contribution in [0.15, 0.2) is 42.1 Å². The zero-order valence-corrected chi connectivity index (χ0v) is 12.8. The van der Waals surface area contributed by atoms with Gasteiger partial charge in [-0.2, -0.15) is 5.10 Å². The molecule has 0 aliphatic heterocycles. The Morgan fingerprint density at radius 3 is 2.65 bits per heavy atom. The van der Waals surface area contributed by atoms with E-state index in [0.29, 0.717) is 12.3 Å². The van der Waals surface area contributed by atoms with Gasteiger partial charge in [0.1, 0.15) is 12.7 Å². The van der Waals surface area contributed by atoms with Gasteiger partial charge in [-0.05, 0) is 17.5 Å². The summed E-state index contributed by atoms with van der Waals surface area (Å²) in [5.74, 6) is 0.549. The van der Waals surface area contributed by atoms with Crippen molar-refractivity contribution in [2.45, 2.75) is 37.9 Å². The maximum absolute atomic E-state index is 11.0. The summed E-state index contributed by atoms with van der Waals surface area (Å²) in [7, 11) is 0. The lowest BCUT2D eigenvalue weighted by Crippen LogP contribution is -2.49. The first-order valence-electron chi connectivity index (χ1n) is 6.49. The van der Waals surface area contributed by atoms with Crippen molar-refractivity contribution in [1.29, 1.82) is 0 Å². The van der Waals surface area contributed by atoms with Crippen LogP contribution in [0, 0.1) is 5.41 Å². The molecule has 6 heteroatoms. The van der Waals surface area contributed by atoms with E-state index in [1.54, 1.807) is 29.0 Å². The van der Waals surface area contributed by atoms with Crippen molar-refractivity contribution in [2.75, 3.05) is 5.75 Å². The standard InChI is InChI=1S/C14H20N4OS/c1-13(2,3)14(19,8-18-11-15-10-17-18)9-20-12-6-4-5-7-16-12/h4-7,10-11,19H,8-9H2,1-3H3. The van der Waals surface area contributed by atoms with Gasteiger partial charge in [-0.15, -0.1) is 11.8 Å². The molecule has 1 N–H and O–H groups in total. The second-order valence-corrected chi connectivity index (χ2v) is 6.83. The number of aliphatic hydroxyl groups is 1. The number of aromatic nitrogens is 4. The highest BCUT2D eigenvalue weighted by Crippen LogP contribution is 2.36. The number of thioether (sulfide) groups is 1. The molecule has 0 radical (unpaired) electrons. The highest BCUT2D eigenvalue weighted by molar-refractivity contribution is 7.99. The minimum atomic E-state index is -0.900. The maximum atomic E-state index is 11.0. The Hall–Kier alpha value is -1.40. The van der Waals surface area contributed by atoms with Gasteiger partial charge in [-0.25, -0.2) is 9.97 Å². The van der Waals surface area contributed by atoms with E-state index in [1.165, 1.54) is 6.33 Å². The molecule has 0 bridgehead atoms. The maximum Gasteiger partial charge on any atom is 0.137 e. The molecule has 0 spiro atoms. The van der Waals surface area contributed by atoms with Crippen molar-refractivity contribution in [1.82, 2.24) is 19.7 Å². The van der Waals surface area contributed by atoms with E-state index >= 15 is 0 Å². The predicted molar refractivity (Wildman–Crippen MR) is 79.4 cm³/mol. The highest BCUT2D eigenvalue weighted by atomic mass is 32.2. The lowest BCUT2D eigenvalue weighted by Gasteiger charge is -2.39. The fourth-order valence-corrected chi connectivity index (χ4v) is 2.93. The van der Waals surface area contributed by atoms with Crippen LogP contribution in [0.4, 0.5) is 0 Å². The number of hydrogen-bond acceptors (Lipinski definition) is 5. The lowest BCUT2D eigenvalue weighted by molar-refractivity contribution is -0.0527. The molecule has 2 aromatic rings. The van der Waals surface area contributed by atoms with Crippen LogP contribution in [-0.4, -0.2) is 36.2 Å². The van der Waals surface area contributed by atoms with Gasteiger partial charge in [-0.3, -0.25) is 4.68 Å². The number of hydrogen-bond donors (Lipinski definition) is 1. The molecule has 0 amide bonds. The van der Waals surface area contributed by atoms with Crippen LogP contribution in [0.3, 0.4) is 0 Å². The molecule has 1 atom stereocenters. The summed E-state index contributed by atoms with van der Waals surface area (Å²) in [5.41, 5.74) is -1.18. The number of nitrogens with zero attached hydrogens (tertiary/aromatic N) is 4. The molecule has 0 aliphatic carbocycles. The summed E-state index contributed by atoms with van der Waals surface area (Å²) in [6.07, 6.45) is 4.87. The van der Waals surface area contributed by atoms with E-state index in [1.807, 2.05) is 39.0 Å². The van der Waals surface area contributed by atoms with E-state index < -0.39 is 5.60 Å². The van der Waals surface area contributed by atoms with Gasteiger partial charge in [0.25, 0.3) is 0 Å². The van der Waals surface area contributed by atoms with E-state index in [4.69, 9.17) is 0 Å². The molecule has 2 aromatic heterocycles. The third-order valence-corrected chi connectivity index (χ3v) is 4.54. The fourth-order valence-electron chi connectivity index (χ4n) is 1.71. The summed E-state index contributed by atoms with van der Waals surface area (Å²) in [4.78, 5) is 8.21. The normalized spacial score (nSPS) is 15.0. The third-order valence-electron chi connectivity index (χ3n) is 3.38. The van der Waals surface area contributed by atoms with E-state index in [2.05, 4.69) is 15.1 Å². The monoisotopic (exact) mass is 292 g/mol. The smallest absolute Gasteiger partial charge is 0.137 e. The fraction of sp³-hybridized carbons (Fsp3) is 0.500. The van der Waals surface area contributed by atoms with Crippen molar-refractivity contribution in [3.05, 3.63) is 37.1 Å². The third kappa shape index (κ3) is 3.58. The summed E-state index contributed by atoms with van der Waals surface area (Å²) < 4.78 is 1.67. The SMILES string of the molecule is CC(C)(C)C(O)(CSc1ccccn1)Cn1cncn1. The molecule has 5 nitrogen and oxygen atoms in total. The average molecular weight is 292 g/mol. The molecule has 108 valence electrons. The van der Waals surface area contributed by atoms with E-state index in [9.17, 15) is 5.11 Å². The van der Waals surface area contributed by atoms with Crippen LogP contribution < -0.4 is 0 Å². The number of pyridine rings is 1. The largest absolute Gasteiger partial charge is 0.387 e. The van der Waals surface area contributed by atoms with Crippen molar-refractivity contribution < 1.29 is 5.11 Å². The van der Waals surface area contributed by atoms with Gasteiger partial charge in [0.2, 0.25) is 0 Å². The first-order chi connectivity index (χ1) is 9.41. The van der Waals surface area contributed by atoms with E-state index in [-0.39, 0.29) is 5.41 Å². The Morgan fingerprint density at radius 1 is 1.30 bits per heavy atom. The summed E-state index contributed by atoms with van der Waals surface area (Å²) in [6.45, 7) is 6.51. The summed E-state index contributed by atoms with van der Waals surface area (Å²) in [6, 6.07) is 5.78. The first kappa shape index (κ1) is 15.0. The van der Waals surface area contributed by atoms with E-state index in [0.717, 1.165) is 5.03 Å². The molecule has 0 aromatic carbocycles. The molecule has 0 saturated heterocycles. The van der Waals surface area contributed by atoms with Crippen LogP contribution >= 0.6 is 11.8 Å². The second-order valence-electron chi connectivity index (χ2n) is 5.83. The summed E-state index contributed by atoms with van der Waals surface area (Å²) >= 11 is 1.55. The van der Waals surface area contributed by atoms with Crippen LogP contribution in [0.5, 0.6) is 0 Å². The van der Waals surface area contributed by atoms with Gasteiger partial charge >= 0.3 is 0 Å². The Balaban J connectivity index is 2.11. The van der Waals surface area contributed by atoms with Crippen LogP contribution in [-0.2, 0) is 6.54 Å². The predicted octanol–water partition coefficient (Wildman–Crippen LogP) is 2.24. The van der Waals surface area contributed by atoms with Gasteiger partial charge in [-0.1, -0.05) is 26.8 Å². The van der Waals surface area contributed by atoms with Gasteiger partial charge in [0.05, 0.1) is 17.2 Å². The average Bonchev–Trinajstić information content (AvgIpc) is 2.89. The molecule has 2 rings (SSSR count). The van der Waals surface area contributed by atoms with Crippen molar-refractivity contribution >= 4 is 11.8 Å². The molecular formula is C14H20N4OS. The molecule has 0 aliphatic rings. The lowest BCUT2D eigenvalue weighted by atomic mass is 9.77.